The highest BCUT2D eigenvalue weighted by molar-refractivity contribution is 6.02. The van der Waals surface area contributed by atoms with Gasteiger partial charge in [-0.15, -0.1) is 0 Å². The molecule has 0 fully saturated rings. The molecule has 3 aromatic carbocycles. The zero-order chi connectivity index (χ0) is 21.6. The number of benzene rings is 3. The summed E-state index contributed by atoms with van der Waals surface area (Å²) in [5, 5.41) is 2.81. The van der Waals surface area contributed by atoms with Crippen molar-refractivity contribution in [3.05, 3.63) is 83.4 Å². The summed E-state index contributed by atoms with van der Waals surface area (Å²) in [5.41, 5.74) is 3.75. The third-order valence-corrected chi connectivity index (χ3v) is 4.90. The summed E-state index contributed by atoms with van der Waals surface area (Å²) < 4.78 is 22.0. The van der Waals surface area contributed by atoms with E-state index in [1.54, 1.807) is 31.4 Å². The lowest BCUT2D eigenvalue weighted by molar-refractivity contribution is -0.111. The molecule has 3 aromatic rings. The largest absolute Gasteiger partial charge is 0.493 e. The van der Waals surface area contributed by atoms with Gasteiger partial charge in [0.25, 0.3) is 0 Å². The molecule has 0 saturated carbocycles. The van der Waals surface area contributed by atoms with E-state index in [9.17, 15) is 4.79 Å². The summed E-state index contributed by atoms with van der Waals surface area (Å²) in [6.07, 6.45) is 3.18. The van der Waals surface area contributed by atoms with Crippen molar-refractivity contribution in [3.8, 4) is 23.0 Å². The molecular formula is C25H23NO5. The summed E-state index contributed by atoms with van der Waals surface area (Å²) in [6, 6.07) is 18.9. The van der Waals surface area contributed by atoms with Gasteiger partial charge in [0, 0.05) is 17.8 Å². The fourth-order valence-corrected chi connectivity index (χ4v) is 3.16. The number of aryl methyl sites for hydroxylation is 1. The minimum atomic E-state index is -0.252. The summed E-state index contributed by atoms with van der Waals surface area (Å²) in [5.74, 6) is 2.29. The van der Waals surface area contributed by atoms with Gasteiger partial charge < -0.3 is 24.3 Å². The van der Waals surface area contributed by atoms with Gasteiger partial charge in [-0.25, -0.2) is 0 Å². The topological polar surface area (TPSA) is 66.0 Å². The van der Waals surface area contributed by atoms with Crippen LogP contribution in [0.3, 0.4) is 0 Å². The lowest BCUT2D eigenvalue weighted by atomic mass is 10.1. The molecule has 6 heteroatoms. The van der Waals surface area contributed by atoms with Gasteiger partial charge in [0.2, 0.25) is 12.7 Å². The highest BCUT2D eigenvalue weighted by atomic mass is 16.7. The molecule has 0 unspecified atom stereocenters. The minimum Gasteiger partial charge on any atom is -0.493 e. The maximum atomic E-state index is 12.3. The second-order valence-electron chi connectivity index (χ2n) is 7.02. The first-order valence-corrected chi connectivity index (χ1v) is 9.86. The first kappa shape index (κ1) is 20.3. The normalized spacial score (nSPS) is 12.1. The van der Waals surface area contributed by atoms with Crippen LogP contribution >= 0.6 is 0 Å². The van der Waals surface area contributed by atoms with Gasteiger partial charge in [-0.1, -0.05) is 30.3 Å². The molecule has 0 radical (unpaired) electrons. The van der Waals surface area contributed by atoms with Crippen LogP contribution in [-0.2, 0) is 11.4 Å². The van der Waals surface area contributed by atoms with E-state index in [1.807, 2.05) is 36.4 Å². The summed E-state index contributed by atoms with van der Waals surface area (Å²) >= 11 is 0. The monoisotopic (exact) mass is 417 g/mol. The van der Waals surface area contributed by atoms with Gasteiger partial charge in [-0.3, -0.25) is 4.79 Å². The molecule has 1 heterocycles. The third kappa shape index (κ3) is 4.98. The number of rotatable bonds is 7. The van der Waals surface area contributed by atoms with E-state index in [0.29, 0.717) is 35.3 Å². The van der Waals surface area contributed by atoms with E-state index in [4.69, 9.17) is 18.9 Å². The highest BCUT2D eigenvalue weighted by Crippen LogP contribution is 2.34. The number of amides is 1. The van der Waals surface area contributed by atoms with Crippen molar-refractivity contribution in [3.63, 3.8) is 0 Å². The maximum Gasteiger partial charge on any atom is 0.248 e. The van der Waals surface area contributed by atoms with Crippen LogP contribution in [0.1, 0.15) is 16.7 Å². The van der Waals surface area contributed by atoms with Gasteiger partial charge in [0.1, 0.15) is 6.61 Å². The van der Waals surface area contributed by atoms with Crippen LogP contribution in [0, 0.1) is 6.92 Å². The molecule has 1 aliphatic heterocycles. The van der Waals surface area contributed by atoms with E-state index in [2.05, 4.69) is 18.3 Å². The minimum absolute atomic E-state index is 0.194. The van der Waals surface area contributed by atoms with Crippen LogP contribution in [0.5, 0.6) is 23.0 Å². The van der Waals surface area contributed by atoms with Gasteiger partial charge in [0.05, 0.1) is 7.11 Å². The Kier molecular flexibility index (Phi) is 6.08. The smallest absolute Gasteiger partial charge is 0.248 e. The number of carbonyl (C=O) groups is 1. The first-order chi connectivity index (χ1) is 15.1. The van der Waals surface area contributed by atoms with E-state index in [1.165, 1.54) is 11.6 Å². The van der Waals surface area contributed by atoms with Crippen LogP contribution in [0.2, 0.25) is 0 Å². The molecule has 158 valence electrons. The van der Waals surface area contributed by atoms with Crippen LogP contribution in [0.4, 0.5) is 5.69 Å². The van der Waals surface area contributed by atoms with Crippen LogP contribution in [0.15, 0.2) is 66.7 Å². The quantitative estimate of drug-likeness (QED) is 0.550. The van der Waals surface area contributed by atoms with Crippen LogP contribution in [0.25, 0.3) is 6.08 Å². The molecule has 0 saturated heterocycles. The zero-order valence-corrected chi connectivity index (χ0v) is 17.4. The second kappa shape index (κ2) is 9.26. The third-order valence-electron chi connectivity index (χ3n) is 4.90. The summed E-state index contributed by atoms with van der Waals surface area (Å²) in [4.78, 5) is 12.3. The van der Waals surface area contributed by atoms with Crippen molar-refractivity contribution in [1.82, 2.24) is 0 Å². The van der Waals surface area contributed by atoms with Crippen LogP contribution < -0.4 is 24.3 Å². The van der Waals surface area contributed by atoms with E-state index >= 15 is 0 Å². The van der Waals surface area contributed by atoms with Crippen molar-refractivity contribution in [2.45, 2.75) is 13.5 Å². The van der Waals surface area contributed by atoms with E-state index in [-0.39, 0.29) is 12.7 Å². The number of hydrogen-bond acceptors (Lipinski definition) is 5. The molecule has 1 N–H and O–H groups in total. The number of anilines is 1. The molecule has 6 nitrogen and oxygen atoms in total. The highest BCUT2D eigenvalue weighted by Gasteiger charge is 2.13. The Labute approximate surface area is 181 Å². The molecule has 0 spiro atoms. The van der Waals surface area contributed by atoms with Gasteiger partial charge in [-0.2, -0.15) is 0 Å². The lowest BCUT2D eigenvalue weighted by Crippen LogP contribution is -2.07. The molecule has 31 heavy (non-hydrogen) atoms. The fourth-order valence-electron chi connectivity index (χ4n) is 3.16. The molecule has 0 aliphatic carbocycles. The van der Waals surface area contributed by atoms with Crippen molar-refractivity contribution < 1.29 is 23.7 Å². The standard InChI is InChI=1S/C25H23NO5/c1-17-5-3-4-6-19(17)15-29-21-10-7-18(13-23(21)28-2)8-12-25(27)26-20-9-11-22-24(14-20)31-16-30-22/h3-14H,15-16H2,1-2H3,(H,26,27). The Morgan fingerprint density at radius 1 is 1.03 bits per heavy atom. The van der Waals surface area contributed by atoms with Crippen molar-refractivity contribution in [2.24, 2.45) is 0 Å². The Morgan fingerprint density at radius 2 is 1.87 bits per heavy atom. The second-order valence-corrected chi connectivity index (χ2v) is 7.02. The Bertz CT molecular complexity index is 1120. The Hall–Kier alpha value is -3.93. The first-order valence-electron chi connectivity index (χ1n) is 9.86. The van der Waals surface area contributed by atoms with E-state index < -0.39 is 0 Å². The average Bonchev–Trinajstić information content (AvgIpc) is 3.25. The molecule has 0 atom stereocenters. The lowest BCUT2D eigenvalue weighted by Gasteiger charge is -2.12. The summed E-state index contributed by atoms with van der Waals surface area (Å²) in [7, 11) is 1.59. The molecule has 1 aliphatic rings. The number of hydrogen-bond donors (Lipinski definition) is 1. The molecule has 4 rings (SSSR count). The molecule has 0 bridgehead atoms. The SMILES string of the molecule is COc1cc(C=CC(=O)Nc2ccc3c(c2)OCO3)ccc1OCc1ccccc1C. The average molecular weight is 417 g/mol. The van der Waals surface area contributed by atoms with Crippen molar-refractivity contribution in [2.75, 3.05) is 19.2 Å². The van der Waals surface area contributed by atoms with Crippen molar-refractivity contribution >= 4 is 17.7 Å². The summed E-state index contributed by atoms with van der Waals surface area (Å²) in [6.45, 7) is 2.70. The molecular weight excluding hydrogens is 394 g/mol. The van der Waals surface area contributed by atoms with Crippen LogP contribution in [-0.4, -0.2) is 19.8 Å². The van der Waals surface area contributed by atoms with Gasteiger partial charge in [-0.05, 0) is 54.0 Å². The number of methoxy groups -OCH3 is 1. The molecule has 0 aromatic heterocycles. The number of ether oxygens (including phenoxy) is 4. The van der Waals surface area contributed by atoms with Gasteiger partial charge in [0.15, 0.2) is 23.0 Å². The Morgan fingerprint density at radius 3 is 2.71 bits per heavy atom. The maximum absolute atomic E-state index is 12.3. The van der Waals surface area contributed by atoms with E-state index in [0.717, 1.165) is 11.1 Å². The number of nitrogens with one attached hydrogen (secondary N) is 1. The molecule has 1 amide bonds. The van der Waals surface area contributed by atoms with Gasteiger partial charge >= 0.3 is 0 Å². The zero-order valence-electron chi connectivity index (χ0n) is 17.4. The number of fused-ring (bicyclic) bond motifs is 1. The predicted octanol–water partition coefficient (Wildman–Crippen LogP) is 4.96. The van der Waals surface area contributed by atoms with Crippen molar-refractivity contribution in [1.29, 1.82) is 0 Å². The number of carbonyl (C=O) groups excluding carboxylic acids is 1. The Balaban J connectivity index is 1.39. The predicted molar refractivity (Wildman–Crippen MR) is 119 cm³/mol. The fraction of sp³-hybridized carbons (Fsp3) is 0.160.